The van der Waals surface area contributed by atoms with Gasteiger partial charge in [-0.2, -0.15) is 0 Å². The second kappa shape index (κ2) is 13.9. The molecule has 0 aliphatic heterocycles. The number of hydrogen-bond acceptors (Lipinski definition) is 4. The molecule has 1 atom stereocenters. The van der Waals surface area contributed by atoms with Crippen LogP contribution >= 0.6 is 0 Å². The van der Waals surface area contributed by atoms with Crippen LogP contribution in [0.3, 0.4) is 0 Å². The zero-order valence-corrected chi connectivity index (χ0v) is 23.5. The van der Waals surface area contributed by atoms with Crippen molar-refractivity contribution in [1.82, 2.24) is 10.2 Å². The van der Waals surface area contributed by atoms with Crippen molar-refractivity contribution < 1.29 is 22.4 Å². The van der Waals surface area contributed by atoms with Crippen molar-refractivity contribution in [2.45, 2.75) is 51.0 Å². The minimum atomic E-state index is -4.31. The van der Waals surface area contributed by atoms with Gasteiger partial charge in [-0.3, -0.25) is 13.9 Å². The molecule has 0 fully saturated rings. The first kappa shape index (κ1) is 29.8. The highest BCUT2D eigenvalue weighted by Gasteiger charge is 2.33. The van der Waals surface area contributed by atoms with Crippen molar-refractivity contribution in [2.75, 3.05) is 23.9 Å². The highest BCUT2D eigenvalue weighted by Crippen LogP contribution is 2.27. The number of nitrogens with one attached hydrogen (secondary N) is 1. The van der Waals surface area contributed by atoms with Crippen molar-refractivity contribution in [3.63, 3.8) is 0 Å². The van der Waals surface area contributed by atoms with Gasteiger partial charge in [0.25, 0.3) is 10.0 Å². The van der Waals surface area contributed by atoms with Crippen LogP contribution in [0.15, 0.2) is 83.8 Å². The van der Waals surface area contributed by atoms with Gasteiger partial charge in [0.1, 0.15) is 18.4 Å². The van der Waals surface area contributed by atoms with Gasteiger partial charge in [-0.15, -0.1) is 0 Å². The molecule has 39 heavy (non-hydrogen) atoms. The maximum atomic E-state index is 14.9. The number of carbonyl (C=O) groups excluding carboxylic acids is 2. The van der Waals surface area contributed by atoms with E-state index in [0.717, 1.165) is 34.3 Å². The van der Waals surface area contributed by atoms with Crippen molar-refractivity contribution in [1.29, 1.82) is 0 Å². The third-order valence-electron chi connectivity index (χ3n) is 6.49. The van der Waals surface area contributed by atoms with E-state index in [0.29, 0.717) is 13.0 Å². The Morgan fingerprint density at radius 1 is 0.949 bits per heavy atom. The first-order valence-electron chi connectivity index (χ1n) is 13.1. The van der Waals surface area contributed by atoms with E-state index in [1.807, 2.05) is 44.2 Å². The van der Waals surface area contributed by atoms with Gasteiger partial charge < -0.3 is 10.2 Å². The number of sulfonamides is 1. The summed E-state index contributed by atoms with van der Waals surface area (Å²) in [7, 11) is -4.31. The molecular formula is C30H36FN3O4S. The molecule has 9 heteroatoms. The van der Waals surface area contributed by atoms with Crippen LogP contribution in [0.1, 0.15) is 37.8 Å². The Hall–Kier alpha value is -3.72. The van der Waals surface area contributed by atoms with Gasteiger partial charge >= 0.3 is 0 Å². The monoisotopic (exact) mass is 553 g/mol. The molecule has 0 bridgehead atoms. The van der Waals surface area contributed by atoms with Crippen molar-refractivity contribution in [2.24, 2.45) is 0 Å². The summed E-state index contributed by atoms with van der Waals surface area (Å²) in [6, 6.07) is 20.2. The topological polar surface area (TPSA) is 86.8 Å². The Morgan fingerprint density at radius 2 is 1.59 bits per heavy atom. The number of rotatable bonds is 13. The molecule has 1 N–H and O–H groups in total. The summed E-state index contributed by atoms with van der Waals surface area (Å²) in [4.78, 5) is 28.0. The van der Waals surface area contributed by atoms with Gasteiger partial charge in [0, 0.05) is 13.1 Å². The number of aryl methyl sites for hydroxylation is 1. The smallest absolute Gasteiger partial charge is 0.264 e. The number of halogens is 1. The van der Waals surface area contributed by atoms with E-state index in [1.165, 1.54) is 35.2 Å². The maximum Gasteiger partial charge on any atom is 0.264 e. The van der Waals surface area contributed by atoms with E-state index in [2.05, 4.69) is 5.32 Å². The van der Waals surface area contributed by atoms with Gasteiger partial charge in [0.2, 0.25) is 11.8 Å². The number of para-hydroxylation sites is 1. The molecule has 3 aromatic rings. The normalized spacial score (nSPS) is 12.0. The van der Waals surface area contributed by atoms with Crippen LogP contribution in [0.25, 0.3) is 0 Å². The number of amides is 2. The number of nitrogens with zero attached hydrogens (tertiary/aromatic N) is 2. The minimum absolute atomic E-state index is 0.0645. The van der Waals surface area contributed by atoms with Gasteiger partial charge in [0.05, 0.1) is 10.6 Å². The van der Waals surface area contributed by atoms with Crippen LogP contribution < -0.4 is 9.62 Å². The Bertz CT molecular complexity index is 1350. The fraction of sp³-hybridized carbons (Fsp3) is 0.333. The Kier molecular flexibility index (Phi) is 10.6. The van der Waals surface area contributed by atoms with Gasteiger partial charge in [-0.25, -0.2) is 12.8 Å². The SMILES string of the molecule is CCCCNC(=O)[C@@H](C)N(CCc1ccccc1)C(=O)CN(c1ccccc1F)S(=O)(=O)c1ccc(C)cc1. The number of unbranched alkanes of at least 4 members (excludes halogenated alkanes) is 1. The molecule has 0 aromatic heterocycles. The van der Waals surface area contributed by atoms with Crippen LogP contribution in [-0.4, -0.2) is 50.8 Å². The van der Waals surface area contributed by atoms with E-state index in [9.17, 15) is 22.4 Å². The fourth-order valence-electron chi connectivity index (χ4n) is 4.11. The third-order valence-corrected chi connectivity index (χ3v) is 8.26. The van der Waals surface area contributed by atoms with Gasteiger partial charge in [-0.05, 0) is 56.5 Å². The van der Waals surface area contributed by atoms with Crippen LogP contribution in [0.4, 0.5) is 10.1 Å². The minimum Gasteiger partial charge on any atom is -0.354 e. The average molecular weight is 554 g/mol. The lowest BCUT2D eigenvalue weighted by Crippen LogP contribution is -2.52. The molecule has 0 heterocycles. The first-order valence-corrected chi connectivity index (χ1v) is 14.5. The Balaban J connectivity index is 1.96. The van der Waals surface area contributed by atoms with E-state index < -0.39 is 34.3 Å². The Morgan fingerprint density at radius 3 is 2.23 bits per heavy atom. The van der Waals surface area contributed by atoms with Gasteiger partial charge in [0.15, 0.2) is 0 Å². The van der Waals surface area contributed by atoms with Crippen LogP contribution in [0.5, 0.6) is 0 Å². The second-order valence-electron chi connectivity index (χ2n) is 9.42. The number of hydrogen-bond donors (Lipinski definition) is 1. The summed E-state index contributed by atoms with van der Waals surface area (Å²) in [6.45, 7) is 5.44. The lowest BCUT2D eigenvalue weighted by Gasteiger charge is -2.32. The summed E-state index contributed by atoms with van der Waals surface area (Å²) in [6.07, 6.45) is 2.16. The molecule has 0 saturated carbocycles. The number of anilines is 1. The highest BCUT2D eigenvalue weighted by atomic mass is 32.2. The summed E-state index contributed by atoms with van der Waals surface area (Å²) >= 11 is 0. The summed E-state index contributed by atoms with van der Waals surface area (Å²) in [5.41, 5.74) is 1.58. The van der Waals surface area contributed by atoms with Crippen LogP contribution in [-0.2, 0) is 26.0 Å². The molecule has 0 radical (unpaired) electrons. The van der Waals surface area contributed by atoms with Crippen LogP contribution in [0.2, 0.25) is 0 Å². The molecule has 0 saturated heterocycles. The number of carbonyl (C=O) groups is 2. The molecule has 3 rings (SSSR count). The summed E-state index contributed by atoms with van der Waals surface area (Å²) < 4.78 is 43.2. The highest BCUT2D eigenvalue weighted by molar-refractivity contribution is 7.92. The molecule has 0 aliphatic rings. The largest absolute Gasteiger partial charge is 0.354 e. The molecule has 3 aromatic carbocycles. The lowest BCUT2D eigenvalue weighted by molar-refractivity contribution is -0.138. The quantitative estimate of drug-likeness (QED) is 0.311. The van der Waals surface area contributed by atoms with Crippen molar-refractivity contribution in [3.8, 4) is 0 Å². The van der Waals surface area contributed by atoms with Crippen molar-refractivity contribution in [3.05, 3.63) is 95.8 Å². The predicted molar refractivity (Wildman–Crippen MR) is 151 cm³/mol. The molecule has 0 spiro atoms. The molecule has 7 nitrogen and oxygen atoms in total. The molecule has 208 valence electrons. The summed E-state index contributed by atoms with van der Waals surface area (Å²) in [5, 5.41) is 2.85. The molecule has 2 amide bonds. The zero-order valence-electron chi connectivity index (χ0n) is 22.6. The lowest BCUT2D eigenvalue weighted by atomic mass is 10.1. The molecule has 0 unspecified atom stereocenters. The maximum absolute atomic E-state index is 14.9. The zero-order chi connectivity index (χ0) is 28.4. The fourth-order valence-corrected chi connectivity index (χ4v) is 5.53. The van der Waals surface area contributed by atoms with E-state index in [4.69, 9.17) is 0 Å². The van der Waals surface area contributed by atoms with Crippen molar-refractivity contribution >= 4 is 27.5 Å². The van der Waals surface area contributed by atoms with Crippen LogP contribution in [0, 0.1) is 12.7 Å². The third kappa shape index (κ3) is 7.89. The molecular weight excluding hydrogens is 517 g/mol. The average Bonchev–Trinajstić information content (AvgIpc) is 2.93. The standard InChI is InChI=1S/C30H36FN3O4S/c1-4-5-20-32-30(36)24(3)33(21-19-25-11-7-6-8-12-25)29(35)22-34(28-14-10-9-13-27(28)31)39(37,38)26-17-15-23(2)16-18-26/h6-18,24H,4-5,19-22H2,1-3H3,(H,32,36)/t24-/m1/s1. The molecule has 0 aliphatic carbocycles. The van der Waals surface area contributed by atoms with E-state index in [1.54, 1.807) is 19.1 Å². The van der Waals surface area contributed by atoms with Gasteiger partial charge in [-0.1, -0.05) is 73.5 Å². The predicted octanol–water partition coefficient (Wildman–Crippen LogP) is 4.71. The first-order chi connectivity index (χ1) is 18.6. The Labute approximate surface area is 230 Å². The summed E-state index contributed by atoms with van der Waals surface area (Å²) in [5.74, 6) is -1.71. The second-order valence-corrected chi connectivity index (χ2v) is 11.3. The number of benzene rings is 3. The van der Waals surface area contributed by atoms with E-state index in [-0.39, 0.29) is 23.0 Å². The van der Waals surface area contributed by atoms with E-state index >= 15 is 0 Å².